The second-order valence-electron chi connectivity index (χ2n) is 3.46. The number of halogens is 7. The first-order chi connectivity index (χ1) is 7.67. The molecule has 0 radical (unpaired) electrons. The molecule has 1 aromatic carbocycles. The Balaban J connectivity index is 2.99. The van der Waals surface area contributed by atoms with Crippen LogP contribution in [0.25, 0.3) is 0 Å². The van der Waals surface area contributed by atoms with Gasteiger partial charge in [0.15, 0.2) is 0 Å². The first-order valence-electron chi connectivity index (χ1n) is 4.45. The highest BCUT2D eigenvalue weighted by atomic mass is 35.5. The fourth-order valence-electron chi connectivity index (χ4n) is 1.20. The van der Waals surface area contributed by atoms with Gasteiger partial charge in [-0.2, -0.15) is 13.2 Å². The maximum atomic E-state index is 13.3. The van der Waals surface area contributed by atoms with Gasteiger partial charge in [0.25, 0.3) is 12.1 Å². The van der Waals surface area contributed by atoms with E-state index >= 15 is 0 Å². The highest BCUT2D eigenvalue weighted by molar-refractivity contribution is 6.30. The van der Waals surface area contributed by atoms with Crippen molar-refractivity contribution >= 4 is 11.6 Å². The van der Waals surface area contributed by atoms with Crippen molar-refractivity contribution in [3.05, 3.63) is 34.9 Å². The Hall–Kier alpha value is -0.910. The Labute approximate surface area is 98.2 Å². The summed E-state index contributed by atoms with van der Waals surface area (Å²) >= 11 is 5.47. The second kappa shape index (κ2) is 4.76. The van der Waals surface area contributed by atoms with Crippen LogP contribution in [0.4, 0.5) is 26.3 Å². The van der Waals surface area contributed by atoms with Crippen LogP contribution in [0.15, 0.2) is 24.3 Å². The van der Waals surface area contributed by atoms with E-state index in [1.807, 2.05) is 0 Å². The highest BCUT2D eigenvalue weighted by Gasteiger charge is 2.62. The summed E-state index contributed by atoms with van der Waals surface area (Å²) in [6.45, 7) is 0. The van der Waals surface area contributed by atoms with Gasteiger partial charge in [-0.15, -0.1) is 0 Å². The van der Waals surface area contributed by atoms with E-state index in [0.717, 1.165) is 12.1 Å². The van der Waals surface area contributed by atoms with Gasteiger partial charge in [-0.05, 0) is 17.7 Å². The van der Waals surface area contributed by atoms with Crippen molar-refractivity contribution in [1.82, 2.24) is 0 Å². The quantitative estimate of drug-likeness (QED) is 0.717. The maximum absolute atomic E-state index is 13.3. The Morgan fingerprint density at radius 3 is 1.82 bits per heavy atom. The SMILES string of the molecule is FC(F)C(F)(Cc1ccc(Cl)cc1)C(F)(F)F. The van der Waals surface area contributed by atoms with Gasteiger partial charge in [0.2, 0.25) is 0 Å². The monoisotopic (exact) mass is 276 g/mol. The molecule has 0 bridgehead atoms. The summed E-state index contributed by atoms with van der Waals surface area (Å²) in [7, 11) is 0. The van der Waals surface area contributed by atoms with Crippen molar-refractivity contribution in [2.45, 2.75) is 24.7 Å². The average Bonchev–Trinajstić information content (AvgIpc) is 2.19. The predicted molar refractivity (Wildman–Crippen MR) is 51.1 cm³/mol. The normalized spacial score (nSPS) is 16.0. The summed E-state index contributed by atoms with van der Waals surface area (Å²) in [5.41, 5.74) is -4.74. The average molecular weight is 277 g/mol. The Morgan fingerprint density at radius 1 is 1.00 bits per heavy atom. The lowest BCUT2D eigenvalue weighted by molar-refractivity contribution is -0.267. The first kappa shape index (κ1) is 14.2. The molecule has 7 heteroatoms. The minimum absolute atomic E-state index is 0.200. The van der Waals surface area contributed by atoms with Crippen LogP contribution in [0, 0.1) is 0 Å². The van der Waals surface area contributed by atoms with Crippen LogP contribution < -0.4 is 0 Å². The third kappa shape index (κ3) is 3.06. The fraction of sp³-hybridized carbons (Fsp3) is 0.400. The van der Waals surface area contributed by atoms with E-state index in [-0.39, 0.29) is 10.6 Å². The molecule has 0 saturated carbocycles. The van der Waals surface area contributed by atoms with Gasteiger partial charge in [0, 0.05) is 11.4 Å². The predicted octanol–water partition coefficient (Wildman–Crippen LogP) is 4.42. The molecule has 0 aliphatic heterocycles. The van der Waals surface area contributed by atoms with Crippen LogP contribution in [-0.2, 0) is 6.42 Å². The summed E-state index contributed by atoms with van der Waals surface area (Å²) in [5, 5.41) is 0.224. The van der Waals surface area contributed by atoms with Crippen LogP contribution in [0.5, 0.6) is 0 Å². The second-order valence-corrected chi connectivity index (χ2v) is 3.90. The minimum atomic E-state index is -5.62. The van der Waals surface area contributed by atoms with Crippen LogP contribution in [0.2, 0.25) is 5.02 Å². The van der Waals surface area contributed by atoms with Crippen molar-refractivity contribution in [1.29, 1.82) is 0 Å². The molecule has 1 atom stereocenters. The van der Waals surface area contributed by atoms with Gasteiger partial charge in [0.1, 0.15) is 0 Å². The van der Waals surface area contributed by atoms with Crippen molar-refractivity contribution in [2.75, 3.05) is 0 Å². The molecule has 0 spiro atoms. The van der Waals surface area contributed by atoms with Gasteiger partial charge in [-0.25, -0.2) is 13.2 Å². The molecule has 0 N–H and O–H groups in total. The van der Waals surface area contributed by atoms with E-state index < -0.39 is 24.7 Å². The number of alkyl halides is 6. The Morgan fingerprint density at radius 2 is 1.47 bits per heavy atom. The fourth-order valence-corrected chi connectivity index (χ4v) is 1.33. The topological polar surface area (TPSA) is 0 Å². The van der Waals surface area contributed by atoms with E-state index in [9.17, 15) is 26.3 Å². The van der Waals surface area contributed by atoms with Crippen LogP contribution in [0.1, 0.15) is 5.56 Å². The number of rotatable bonds is 3. The maximum Gasteiger partial charge on any atom is 0.428 e. The van der Waals surface area contributed by atoms with E-state index in [1.54, 1.807) is 0 Å². The molecule has 0 saturated heterocycles. The third-order valence-electron chi connectivity index (χ3n) is 2.19. The van der Waals surface area contributed by atoms with Gasteiger partial charge < -0.3 is 0 Å². The highest BCUT2D eigenvalue weighted by Crippen LogP contribution is 2.41. The molecule has 0 heterocycles. The molecule has 0 amide bonds. The molecule has 0 aliphatic carbocycles. The molecule has 17 heavy (non-hydrogen) atoms. The lowest BCUT2D eigenvalue weighted by Crippen LogP contribution is -2.49. The first-order valence-corrected chi connectivity index (χ1v) is 4.83. The summed E-state index contributed by atoms with van der Waals surface area (Å²) < 4.78 is 74.5. The van der Waals surface area contributed by atoms with Gasteiger partial charge in [0.05, 0.1) is 0 Å². The van der Waals surface area contributed by atoms with Crippen LogP contribution in [0.3, 0.4) is 0 Å². The third-order valence-corrected chi connectivity index (χ3v) is 2.44. The molecule has 0 aliphatic rings. The van der Waals surface area contributed by atoms with Crippen LogP contribution >= 0.6 is 11.6 Å². The lowest BCUT2D eigenvalue weighted by Gasteiger charge is -2.27. The van der Waals surface area contributed by atoms with Gasteiger partial charge in [-0.3, -0.25) is 0 Å². The van der Waals surface area contributed by atoms with E-state index in [2.05, 4.69) is 0 Å². The van der Waals surface area contributed by atoms with Crippen molar-refractivity contribution in [3.63, 3.8) is 0 Å². The van der Waals surface area contributed by atoms with Gasteiger partial charge in [-0.1, -0.05) is 23.7 Å². The molecule has 0 aromatic heterocycles. The summed E-state index contributed by atoms with van der Waals surface area (Å²) in [6, 6.07) is 4.56. The molecular formula is C10H7ClF6. The van der Waals surface area contributed by atoms with Gasteiger partial charge >= 0.3 is 6.18 Å². The molecule has 1 aromatic rings. The van der Waals surface area contributed by atoms with Crippen molar-refractivity contribution in [3.8, 4) is 0 Å². The molecule has 96 valence electrons. The van der Waals surface area contributed by atoms with Crippen molar-refractivity contribution < 1.29 is 26.3 Å². The summed E-state index contributed by atoms with van der Waals surface area (Å²) in [4.78, 5) is 0. The Kier molecular flexibility index (Phi) is 3.96. The Bertz CT molecular complexity index is 371. The molecular weight excluding hydrogens is 270 g/mol. The smallest absolute Gasteiger partial charge is 0.227 e. The molecule has 1 rings (SSSR count). The van der Waals surface area contributed by atoms with E-state index in [1.165, 1.54) is 12.1 Å². The molecule has 0 nitrogen and oxygen atoms in total. The number of hydrogen-bond donors (Lipinski definition) is 0. The zero-order chi connectivity index (χ0) is 13.3. The largest absolute Gasteiger partial charge is 0.428 e. The standard InChI is InChI=1S/C10H7ClF6/c11-7-3-1-6(2-4-7)5-9(14,8(12)13)10(15,16)17/h1-4,8H,5H2. The summed E-state index contributed by atoms with van der Waals surface area (Å²) in [5.74, 6) is 0. The number of benzene rings is 1. The van der Waals surface area contributed by atoms with Crippen molar-refractivity contribution in [2.24, 2.45) is 0 Å². The van der Waals surface area contributed by atoms with E-state index in [4.69, 9.17) is 11.6 Å². The number of hydrogen-bond acceptors (Lipinski definition) is 0. The van der Waals surface area contributed by atoms with Crippen LogP contribution in [-0.4, -0.2) is 18.3 Å². The summed E-state index contributed by atoms with van der Waals surface area (Å²) in [6.07, 6.45) is -11.2. The molecule has 1 unspecified atom stereocenters. The zero-order valence-corrected chi connectivity index (χ0v) is 9.00. The van der Waals surface area contributed by atoms with E-state index in [0.29, 0.717) is 0 Å². The minimum Gasteiger partial charge on any atom is -0.227 e. The molecule has 0 fully saturated rings. The lowest BCUT2D eigenvalue weighted by atomic mass is 9.96. The zero-order valence-electron chi connectivity index (χ0n) is 8.24.